The number of ether oxygens (including phenoxy) is 1. The third-order valence-corrected chi connectivity index (χ3v) is 8.21. The smallest absolute Gasteiger partial charge is 0.243 e. The maximum Gasteiger partial charge on any atom is 0.243 e. The third-order valence-electron chi connectivity index (χ3n) is 5.22. The van der Waals surface area contributed by atoms with E-state index >= 15 is 0 Å². The highest BCUT2D eigenvalue weighted by Crippen LogP contribution is 2.34. The van der Waals surface area contributed by atoms with Gasteiger partial charge in [0.15, 0.2) is 0 Å². The third kappa shape index (κ3) is 3.95. The van der Waals surface area contributed by atoms with Crippen molar-refractivity contribution in [1.29, 1.82) is 0 Å². The first kappa shape index (κ1) is 20.1. The van der Waals surface area contributed by atoms with Crippen LogP contribution in [0.4, 0.5) is 0 Å². The zero-order chi connectivity index (χ0) is 20.6. The Bertz CT molecular complexity index is 1100. The quantitative estimate of drug-likeness (QED) is 0.592. The van der Waals surface area contributed by atoms with Gasteiger partial charge in [-0.15, -0.1) is 11.3 Å². The van der Waals surface area contributed by atoms with E-state index in [9.17, 15) is 8.42 Å². The molecule has 0 unspecified atom stereocenters. The predicted octanol–water partition coefficient (Wildman–Crippen LogP) is 4.69. The lowest BCUT2D eigenvalue weighted by molar-refractivity contribution is 0.393. The van der Waals surface area contributed by atoms with Gasteiger partial charge in [0, 0.05) is 23.4 Å². The monoisotopic (exact) mass is 428 g/mol. The Kier molecular flexibility index (Phi) is 5.46. The Balaban J connectivity index is 1.57. The van der Waals surface area contributed by atoms with Crippen LogP contribution < -0.4 is 4.74 Å². The molecule has 0 atom stereocenters. The van der Waals surface area contributed by atoms with Crippen molar-refractivity contribution in [3.63, 3.8) is 0 Å². The highest BCUT2D eigenvalue weighted by atomic mass is 32.2. The molecule has 1 aliphatic rings. The minimum atomic E-state index is -3.52. The summed E-state index contributed by atoms with van der Waals surface area (Å²) in [5, 5.41) is 0.915. The summed E-state index contributed by atoms with van der Waals surface area (Å²) in [5.41, 5.74) is 3.16. The number of sulfonamides is 1. The molecule has 152 valence electrons. The standard InChI is InChI=1S/C22H24N2O3S2/c1-15(2)16-6-10-19(11-7-16)29(25,26)24-13-12-20-21(14-24)28-22(23-20)17-4-8-18(27-3)9-5-17/h4-11,15H,12-14H2,1-3H3. The summed E-state index contributed by atoms with van der Waals surface area (Å²) in [6.07, 6.45) is 0.630. The molecule has 2 aromatic carbocycles. The fraction of sp³-hybridized carbons (Fsp3) is 0.318. The van der Waals surface area contributed by atoms with Crippen molar-refractivity contribution >= 4 is 21.4 Å². The molecule has 0 radical (unpaired) electrons. The Labute approximate surface area is 176 Å². The molecule has 0 aliphatic carbocycles. The molecule has 0 amide bonds. The summed E-state index contributed by atoms with van der Waals surface area (Å²) >= 11 is 1.57. The van der Waals surface area contributed by atoms with Crippen molar-refractivity contribution in [2.24, 2.45) is 0 Å². The van der Waals surface area contributed by atoms with Gasteiger partial charge in [-0.25, -0.2) is 13.4 Å². The minimum Gasteiger partial charge on any atom is -0.497 e. The molecule has 29 heavy (non-hydrogen) atoms. The summed E-state index contributed by atoms with van der Waals surface area (Å²) in [5.74, 6) is 1.17. The van der Waals surface area contributed by atoms with Crippen LogP contribution in [0, 0.1) is 0 Å². The van der Waals surface area contributed by atoms with Crippen molar-refractivity contribution < 1.29 is 13.2 Å². The number of fused-ring (bicyclic) bond motifs is 1. The second-order valence-electron chi connectivity index (χ2n) is 7.43. The summed E-state index contributed by atoms with van der Waals surface area (Å²) in [4.78, 5) is 6.12. The summed E-state index contributed by atoms with van der Waals surface area (Å²) in [6.45, 7) is 5.02. The van der Waals surface area contributed by atoms with E-state index in [2.05, 4.69) is 13.8 Å². The first-order chi connectivity index (χ1) is 13.9. The van der Waals surface area contributed by atoms with Crippen LogP contribution in [0.3, 0.4) is 0 Å². The van der Waals surface area contributed by atoms with Gasteiger partial charge < -0.3 is 4.74 Å². The van der Waals surface area contributed by atoms with Gasteiger partial charge in [-0.1, -0.05) is 26.0 Å². The lowest BCUT2D eigenvalue weighted by atomic mass is 10.0. The lowest BCUT2D eigenvalue weighted by Crippen LogP contribution is -2.35. The molecule has 7 heteroatoms. The van der Waals surface area contributed by atoms with Crippen LogP contribution in [0.25, 0.3) is 10.6 Å². The van der Waals surface area contributed by atoms with Gasteiger partial charge in [-0.05, 0) is 47.9 Å². The van der Waals surface area contributed by atoms with Crippen molar-refractivity contribution in [2.75, 3.05) is 13.7 Å². The van der Waals surface area contributed by atoms with Gasteiger partial charge in [0.1, 0.15) is 10.8 Å². The summed E-state index contributed by atoms with van der Waals surface area (Å²) in [6, 6.07) is 15.0. The van der Waals surface area contributed by atoms with Crippen LogP contribution in [-0.4, -0.2) is 31.4 Å². The molecular formula is C22H24N2O3S2. The largest absolute Gasteiger partial charge is 0.497 e. The average molecular weight is 429 g/mol. The van der Waals surface area contributed by atoms with E-state index in [0.717, 1.165) is 32.5 Å². The molecular weight excluding hydrogens is 404 g/mol. The molecule has 0 spiro atoms. The van der Waals surface area contributed by atoms with E-state index in [4.69, 9.17) is 9.72 Å². The number of hydrogen-bond acceptors (Lipinski definition) is 5. The van der Waals surface area contributed by atoms with E-state index in [-0.39, 0.29) is 0 Å². The fourth-order valence-electron chi connectivity index (χ4n) is 3.41. The lowest BCUT2D eigenvalue weighted by Gasteiger charge is -2.25. The second-order valence-corrected chi connectivity index (χ2v) is 10.5. The zero-order valence-corrected chi connectivity index (χ0v) is 18.4. The van der Waals surface area contributed by atoms with Crippen LogP contribution in [0.2, 0.25) is 0 Å². The van der Waals surface area contributed by atoms with E-state index in [0.29, 0.717) is 30.3 Å². The molecule has 1 aromatic heterocycles. The van der Waals surface area contributed by atoms with Crippen LogP contribution in [0.5, 0.6) is 5.75 Å². The number of rotatable bonds is 5. The first-order valence-corrected chi connectivity index (χ1v) is 11.9. The van der Waals surface area contributed by atoms with Gasteiger partial charge in [-0.2, -0.15) is 4.31 Å². The van der Waals surface area contributed by atoms with E-state index in [1.54, 1.807) is 34.9 Å². The fourth-order valence-corrected chi connectivity index (χ4v) is 6.03. The van der Waals surface area contributed by atoms with E-state index in [1.807, 2.05) is 36.4 Å². The molecule has 0 saturated carbocycles. The molecule has 1 aliphatic heterocycles. The molecule has 5 nitrogen and oxygen atoms in total. The Morgan fingerprint density at radius 3 is 2.38 bits per heavy atom. The number of nitrogens with zero attached hydrogens (tertiary/aromatic N) is 2. The molecule has 2 heterocycles. The highest BCUT2D eigenvalue weighted by molar-refractivity contribution is 7.89. The van der Waals surface area contributed by atoms with Crippen molar-refractivity contribution in [2.45, 2.75) is 37.6 Å². The van der Waals surface area contributed by atoms with Gasteiger partial charge in [0.2, 0.25) is 10.0 Å². The van der Waals surface area contributed by atoms with Crippen molar-refractivity contribution in [1.82, 2.24) is 9.29 Å². The number of hydrogen-bond donors (Lipinski definition) is 0. The summed E-state index contributed by atoms with van der Waals surface area (Å²) < 4.78 is 33.0. The molecule has 0 N–H and O–H groups in total. The normalized spacial score (nSPS) is 14.8. The number of aromatic nitrogens is 1. The molecule has 0 bridgehead atoms. The van der Waals surface area contributed by atoms with Crippen LogP contribution in [0.1, 0.15) is 35.9 Å². The molecule has 4 rings (SSSR count). The van der Waals surface area contributed by atoms with Crippen molar-refractivity contribution in [3.05, 3.63) is 64.7 Å². The van der Waals surface area contributed by atoms with Gasteiger partial charge in [-0.3, -0.25) is 0 Å². The van der Waals surface area contributed by atoms with Gasteiger partial charge in [0.05, 0.1) is 24.2 Å². The SMILES string of the molecule is COc1ccc(-c2nc3c(s2)CN(S(=O)(=O)c2ccc(C(C)C)cc2)CC3)cc1. The van der Waals surface area contributed by atoms with Crippen LogP contribution in [0.15, 0.2) is 53.4 Å². The topological polar surface area (TPSA) is 59.5 Å². The number of benzene rings is 2. The molecule has 0 fully saturated rings. The maximum atomic E-state index is 13.1. The molecule has 0 saturated heterocycles. The first-order valence-electron chi connectivity index (χ1n) is 9.61. The molecule has 3 aromatic rings. The zero-order valence-electron chi connectivity index (χ0n) is 16.8. The Hall–Kier alpha value is -2.22. The number of methoxy groups -OCH3 is 1. The van der Waals surface area contributed by atoms with E-state index < -0.39 is 10.0 Å². The Morgan fingerprint density at radius 2 is 1.76 bits per heavy atom. The summed E-state index contributed by atoms with van der Waals surface area (Å²) in [7, 11) is -1.87. The van der Waals surface area contributed by atoms with Crippen LogP contribution >= 0.6 is 11.3 Å². The predicted molar refractivity (Wildman–Crippen MR) is 116 cm³/mol. The number of thiazole rings is 1. The average Bonchev–Trinajstić information content (AvgIpc) is 3.17. The maximum absolute atomic E-state index is 13.1. The van der Waals surface area contributed by atoms with Crippen molar-refractivity contribution in [3.8, 4) is 16.3 Å². The highest BCUT2D eigenvalue weighted by Gasteiger charge is 2.30. The van der Waals surface area contributed by atoms with E-state index in [1.165, 1.54) is 0 Å². The Morgan fingerprint density at radius 1 is 1.07 bits per heavy atom. The van der Waals surface area contributed by atoms with Gasteiger partial charge in [0.25, 0.3) is 0 Å². The second kappa shape index (κ2) is 7.89. The van der Waals surface area contributed by atoms with Crippen LogP contribution in [-0.2, 0) is 23.0 Å². The minimum absolute atomic E-state index is 0.352. The van der Waals surface area contributed by atoms with Gasteiger partial charge >= 0.3 is 0 Å².